The number of imidazole rings is 1. The number of nitrogens with zero attached hydrogens (tertiary/aromatic N) is 3. The molecule has 162 valence electrons. The van der Waals surface area contributed by atoms with Gasteiger partial charge >= 0.3 is 0 Å². The number of aromatic nitrogens is 3. The van der Waals surface area contributed by atoms with E-state index in [9.17, 15) is 0 Å². The average Bonchev–Trinajstić information content (AvgIpc) is 3.16. The number of nitrogens with two attached hydrogens (primary N) is 2. The van der Waals surface area contributed by atoms with Crippen molar-refractivity contribution in [3.8, 4) is 0 Å². The van der Waals surface area contributed by atoms with Crippen molar-refractivity contribution in [1.29, 1.82) is 0 Å². The fourth-order valence-electron chi connectivity index (χ4n) is 3.92. The normalized spacial score (nSPS) is 12.6. The average molecular weight is 417 g/mol. The Labute approximate surface area is 183 Å². The van der Waals surface area contributed by atoms with Crippen LogP contribution >= 0.6 is 0 Å². The summed E-state index contributed by atoms with van der Waals surface area (Å²) in [6.07, 6.45) is 3.15. The van der Waals surface area contributed by atoms with E-state index in [2.05, 4.69) is 59.0 Å². The lowest BCUT2D eigenvalue weighted by Crippen LogP contribution is -2.32. The van der Waals surface area contributed by atoms with E-state index in [4.69, 9.17) is 16.5 Å². The van der Waals surface area contributed by atoms with Crippen LogP contribution < -0.4 is 16.8 Å². The van der Waals surface area contributed by atoms with E-state index in [-0.39, 0.29) is 0 Å². The number of nitrogen functional groups attached to an aromatic ring is 1. The van der Waals surface area contributed by atoms with Crippen LogP contribution in [0.5, 0.6) is 0 Å². The molecule has 1 atom stereocenters. The van der Waals surface area contributed by atoms with Gasteiger partial charge in [-0.1, -0.05) is 55.8 Å². The molecule has 0 fully saturated rings. The van der Waals surface area contributed by atoms with Crippen LogP contribution in [0, 0.1) is 0 Å². The molecule has 2 aromatic carbocycles. The summed E-state index contributed by atoms with van der Waals surface area (Å²) in [6.45, 7) is 6.52. The highest BCUT2D eigenvalue weighted by atomic mass is 15.1. The van der Waals surface area contributed by atoms with Gasteiger partial charge in [0.15, 0.2) is 5.82 Å². The Morgan fingerprint density at radius 3 is 2.52 bits per heavy atom. The van der Waals surface area contributed by atoms with Crippen molar-refractivity contribution >= 4 is 27.8 Å². The second-order valence-electron chi connectivity index (χ2n) is 8.26. The molecule has 0 aliphatic rings. The first kappa shape index (κ1) is 21.3. The zero-order valence-corrected chi connectivity index (χ0v) is 18.4. The molecule has 0 amide bonds. The Morgan fingerprint density at radius 1 is 1.03 bits per heavy atom. The minimum absolute atomic E-state index is 0.311. The predicted molar refractivity (Wildman–Crippen MR) is 129 cm³/mol. The van der Waals surface area contributed by atoms with Crippen molar-refractivity contribution in [2.24, 2.45) is 5.73 Å². The number of fused-ring (bicyclic) bond motifs is 3. The van der Waals surface area contributed by atoms with E-state index in [0.29, 0.717) is 18.4 Å². The van der Waals surface area contributed by atoms with Gasteiger partial charge in [0.05, 0.1) is 11.0 Å². The Hall–Kier alpha value is -2.96. The summed E-state index contributed by atoms with van der Waals surface area (Å²) in [4.78, 5) is 9.51. The van der Waals surface area contributed by atoms with E-state index in [1.807, 2.05) is 18.2 Å². The van der Waals surface area contributed by atoms with Crippen molar-refractivity contribution in [1.82, 2.24) is 19.9 Å². The summed E-state index contributed by atoms with van der Waals surface area (Å²) >= 11 is 0. The lowest BCUT2D eigenvalue weighted by molar-refractivity contribution is 0.556. The highest BCUT2D eigenvalue weighted by Gasteiger charge is 2.17. The van der Waals surface area contributed by atoms with Crippen LogP contribution in [0.2, 0.25) is 0 Å². The van der Waals surface area contributed by atoms with Gasteiger partial charge in [0.2, 0.25) is 0 Å². The lowest BCUT2D eigenvalue weighted by Gasteiger charge is -2.13. The van der Waals surface area contributed by atoms with E-state index in [1.165, 1.54) is 11.1 Å². The van der Waals surface area contributed by atoms with Crippen LogP contribution in [0.4, 0.5) is 5.82 Å². The molecule has 6 nitrogen and oxygen atoms in total. The summed E-state index contributed by atoms with van der Waals surface area (Å²) in [5.74, 6) is 1.57. The summed E-state index contributed by atoms with van der Waals surface area (Å²) in [7, 11) is 0. The molecule has 0 aliphatic carbocycles. The molecule has 6 heteroatoms. The van der Waals surface area contributed by atoms with Crippen molar-refractivity contribution in [2.45, 2.75) is 52.2 Å². The van der Waals surface area contributed by atoms with Gasteiger partial charge in [-0.25, -0.2) is 9.97 Å². The maximum absolute atomic E-state index is 6.31. The first-order valence-corrected chi connectivity index (χ1v) is 11.1. The molecule has 2 aromatic heterocycles. The summed E-state index contributed by atoms with van der Waals surface area (Å²) in [5.41, 5.74) is 17.3. The van der Waals surface area contributed by atoms with Crippen molar-refractivity contribution < 1.29 is 0 Å². The quantitative estimate of drug-likeness (QED) is 0.383. The number of nitrogens with one attached hydrogen (secondary N) is 1. The van der Waals surface area contributed by atoms with Gasteiger partial charge in [-0.3, -0.25) is 0 Å². The van der Waals surface area contributed by atoms with Crippen LogP contribution in [0.1, 0.15) is 43.6 Å². The third-order valence-corrected chi connectivity index (χ3v) is 5.82. The molecule has 0 unspecified atom stereocenters. The number of pyridine rings is 1. The lowest BCUT2D eigenvalue weighted by atomic mass is 10.1. The smallest absolute Gasteiger partial charge is 0.152 e. The molecule has 4 aromatic rings. The van der Waals surface area contributed by atoms with E-state index < -0.39 is 0 Å². The molecular formula is C25H32N6. The second kappa shape index (κ2) is 9.45. The molecule has 4 rings (SSSR count). The molecule has 0 aliphatic heterocycles. The largest absolute Gasteiger partial charge is 0.382 e. The van der Waals surface area contributed by atoms with Crippen molar-refractivity contribution in [3.05, 3.63) is 65.5 Å². The molecule has 0 radical (unpaired) electrons. The molecule has 0 bridgehead atoms. The second-order valence-corrected chi connectivity index (χ2v) is 8.26. The third-order valence-electron chi connectivity index (χ3n) is 5.82. The highest BCUT2D eigenvalue weighted by molar-refractivity contribution is 6.06. The van der Waals surface area contributed by atoms with Gasteiger partial charge < -0.3 is 21.4 Å². The fraction of sp³-hybridized carbons (Fsp3) is 0.360. The molecule has 0 saturated carbocycles. The Bertz CT molecular complexity index is 1160. The van der Waals surface area contributed by atoms with Crippen molar-refractivity contribution in [3.63, 3.8) is 0 Å². The number of rotatable bonds is 9. The first-order chi connectivity index (χ1) is 15.1. The number of aryl methyl sites for hydroxylation is 1. The summed E-state index contributed by atoms with van der Waals surface area (Å²) in [5, 5.41) is 4.53. The third kappa shape index (κ3) is 4.55. The SMILES string of the molecule is CCCCc1nc2c(N)nc3ccccc3c2n1Cc1ccc(CN[C@@H](C)CN)cc1. The van der Waals surface area contributed by atoms with Gasteiger partial charge in [0.25, 0.3) is 0 Å². The van der Waals surface area contributed by atoms with E-state index in [1.54, 1.807) is 0 Å². The van der Waals surface area contributed by atoms with Gasteiger partial charge in [-0.2, -0.15) is 0 Å². The van der Waals surface area contributed by atoms with Gasteiger partial charge in [0, 0.05) is 37.5 Å². The molecule has 5 N–H and O–H groups in total. The minimum atomic E-state index is 0.311. The zero-order valence-electron chi connectivity index (χ0n) is 18.4. The standard InChI is InChI=1S/C25H32N6/c1-3-4-9-22-30-23-24(20-7-5-6-8-21(20)29-25(23)27)31(22)16-19-12-10-18(11-13-19)15-28-17(2)14-26/h5-8,10-13,17,28H,3-4,9,14-16,26H2,1-2H3,(H2,27,29)/t17-/m0/s1. The van der Waals surface area contributed by atoms with Gasteiger partial charge in [-0.15, -0.1) is 0 Å². The maximum Gasteiger partial charge on any atom is 0.152 e. The fourth-order valence-corrected chi connectivity index (χ4v) is 3.92. The van der Waals surface area contributed by atoms with Crippen LogP contribution in [0.15, 0.2) is 48.5 Å². The maximum atomic E-state index is 6.31. The number of para-hydroxylation sites is 1. The summed E-state index contributed by atoms with van der Waals surface area (Å²) in [6, 6.07) is 17.3. The van der Waals surface area contributed by atoms with Crippen LogP contribution in [-0.4, -0.2) is 27.1 Å². The predicted octanol–water partition coefficient (Wildman–Crippen LogP) is 3.99. The highest BCUT2D eigenvalue weighted by Crippen LogP contribution is 2.30. The van der Waals surface area contributed by atoms with E-state index >= 15 is 0 Å². The van der Waals surface area contributed by atoms with Crippen LogP contribution in [0.25, 0.3) is 21.9 Å². The Kier molecular flexibility index (Phi) is 6.49. The minimum Gasteiger partial charge on any atom is -0.382 e. The van der Waals surface area contributed by atoms with Gasteiger partial charge in [0.1, 0.15) is 11.3 Å². The zero-order chi connectivity index (χ0) is 21.8. The monoisotopic (exact) mass is 416 g/mol. The number of benzene rings is 2. The Balaban J connectivity index is 1.71. The molecular weight excluding hydrogens is 384 g/mol. The number of unbranched alkanes of at least 4 members (excludes halogenated alkanes) is 1. The Morgan fingerprint density at radius 2 is 1.77 bits per heavy atom. The summed E-state index contributed by atoms with van der Waals surface area (Å²) < 4.78 is 2.33. The molecule has 0 spiro atoms. The molecule has 0 saturated heterocycles. The molecule has 31 heavy (non-hydrogen) atoms. The van der Waals surface area contributed by atoms with Crippen LogP contribution in [0.3, 0.4) is 0 Å². The first-order valence-electron chi connectivity index (χ1n) is 11.1. The van der Waals surface area contributed by atoms with Crippen LogP contribution in [-0.2, 0) is 19.5 Å². The molecule has 2 heterocycles. The van der Waals surface area contributed by atoms with Gasteiger partial charge in [-0.05, 0) is 30.5 Å². The number of hydrogen-bond acceptors (Lipinski definition) is 5. The number of anilines is 1. The number of hydrogen-bond donors (Lipinski definition) is 3. The van der Waals surface area contributed by atoms with Crippen molar-refractivity contribution in [2.75, 3.05) is 12.3 Å². The topological polar surface area (TPSA) is 94.8 Å². The van der Waals surface area contributed by atoms with E-state index in [0.717, 1.165) is 60.1 Å².